The van der Waals surface area contributed by atoms with Gasteiger partial charge in [0, 0.05) is 16.5 Å². The smallest absolute Gasteiger partial charge is 0.335 e. The van der Waals surface area contributed by atoms with E-state index in [9.17, 15) is 9.90 Å². The Morgan fingerprint density at radius 3 is 1.50 bits per heavy atom. The van der Waals surface area contributed by atoms with Gasteiger partial charge >= 0.3 is 5.97 Å². The number of hydrogen-bond donors (Lipinski definition) is 1. The number of carboxylic acid groups (broad SMARTS) is 1. The molecule has 0 aliphatic heterocycles. The Morgan fingerprint density at radius 1 is 0.594 bits per heavy atom. The van der Waals surface area contributed by atoms with Crippen molar-refractivity contribution in [2.75, 3.05) is 4.90 Å². The monoisotopic (exact) mass is 417 g/mol. The third-order valence-electron chi connectivity index (χ3n) is 6.09. The van der Waals surface area contributed by atoms with E-state index in [0.29, 0.717) is 0 Å². The Labute approximate surface area is 187 Å². The zero-order valence-corrected chi connectivity index (χ0v) is 18.0. The third-order valence-corrected chi connectivity index (χ3v) is 6.09. The molecular formula is C29H23NO2. The Kier molecular flexibility index (Phi) is 4.87. The van der Waals surface area contributed by atoms with Gasteiger partial charge in [0.15, 0.2) is 0 Å². The number of carboxylic acids is 1. The van der Waals surface area contributed by atoms with E-state index in [4.69, 9.17) is 0 Å². The van der Waals surface area contributed by atoms with Gasteiger partial charge in [0.05, 0.1) is 16.9 Å². The second-order valence-corrected chi connectivity index (χ2v) is 8.08. The van der Waals surface area contributed by atoms with Gasteiger partial charge in [-0.2, -0.15) is 0 Å². The summed E-state index contributed by atoms with van der Waals surface area (Å²) in [5.41, 5.74) is 5.75. The summed E-state index contributed by atoms with van der Waals surface area (Å²) in [5.74, 6) is -0.926. The number of nitrogens with zero attached hydrogens (tertiary/aromatic N) is 1. The van der Waals surface area contributed by atoms with Crippen LogP contribution in [0.3, 0.4) is 0 Å². The fourth-order valence-corrected chi connectivity index (χ4v) is 4.45. The van der Waals surface area contributed by atoms with E-state index >= 15 is 0 Å². The molecule has 32 heavy (non-hydrogen) atoms. The van der Waals surface area contributed by atoms with Gasteiger partial charge in [0.2, 0.25) is 0 Å². The van der Waals surface area contributed by atoms with Crippen molar-refractivity contribution in [3.8, 4) is 0 Å². The molecule has 156 valence electrons. The molecule has 3 heteroatoms. The van der Waals surface area contributed by atoms with Crippen LogP contribution in [0.5, 0.6) is 0 Å². The number of benzene rings is 5. The molecule has 1 N–H and O–H groups in total. The van der Waals surface area contributed by atoms with Crippen molar-refractivity contribution in [2.45, 2.75) is 13.8 Å². The molecule has 0 aliphatic rings. The third kappa shape index (κ3) is 3.28. The lowest BCUT2D eigenvalue weighted by Gasteiger charge is -2.28. The topological polar surface area (TPSA) is 40.5 Å². The maximum Gasteiger partial charge on any atom is 0.335 e. The van der Waals surface area contributed by atoms with Crippen molar-refractivity contribution in [1.29, 1.82) is 0 Å². The summed E-state index contributed by atoms with van der Waals surface area (Å²) in [6.07, 6.45) is 0. The number of aryl methyl sites for hydroxylation is 2. The van der Waals surface area contributed by atoms with Crippen LogP contribution in [-0.4, -0.2) is 11.1 Å². The standard InChI is InChI=1S/C29H23NO2/c1-19-7-3-11-25-23(19)9-5-13-27(25)30(22-17-15-21(16-18-22)29(31)32)28-14-6-10-24-20(2)8-4-12-26(24)28/h3-18H,1-2H3,(H,31,32). The van der Waals surface area contributed by atoms with Crippen LogP contribution in [0, 0.1) is 13.8 Å². The van der Waals surface area contributed by atoms with Crippen molar-refractivity contribution in [3.05, 3.63) is 114 Å². The molecule has 0 radical (unpaired) electrons. The molecular weight excluding hydrogens is 394 g/mol. The fourth-order valence-electron chi connectivity index (χ4n) is 4.45. The first-order valence-electron chi connectivity index (χ1n) is 10.6. The molecule has 0 aromatic heterocycles. The maximum atomic E-state index is 11.4. The Hall–Kier alpha value is -4.11. The van der Waals surface area contributed by atoms with Crippen LogP contribution in [-0.2, 0) is 0 Å². The normalized spacial score (nSPS) is 11.1. The lowest BCUT2D eigenvalue weighted by Crippen LogP contribution is -2.11. The summed E-state index contributed by atoms with van der Waals surface area (Å²) in [6.45, 7) is 4.25. The largest absolute Gasteiger partial charge is 0.478 e. The summed E-state index contributed by atoms with van der Waals surface area (Å²) in [7, 11) is 0. The highest BCUT2D eigenvalue weighted by atomic mass is 16.4. The predicted octanol–water partition coefficient (Wildman–Crippen LogP) is 7.78. The molecule has 0 aliphatic carbocycles. The van der Waals surface area contributed by atoms with Crippen molar-refractivity contribution in [1.82, 2.24) is 0 Å². The van der Waals surface area contributed by atoms with Gasteiger partial charge in [0.25, 0.3) is 0 Å². The number of anilines is 3. The van der Waals surface area contributed by atoms with Gasteiger partial charge < -0.3 is 10.0 Å². The number of fused-ring (bicyclic) bond motifs is 2. The molecule has 0 amide bonds. The second-order valence-electron chi connectivity index (χ2n) is 8.08. The summed E-state index contributed by atoms with van der Waals surface area (Å²) in [4.78, 5) is 13.7. The molecule has 0 unspecified atom stereocenters. The second kappa shape index (κ2) is 7.86. The zero-order valence-electron chi connectivity index (χ0n) is 18.0. The molecule has 5 rings (SSSR count). The van der Waals surface area contributed by atoms with Gasteiger partial charge in [0.1, 0.15) is 0 Å². The lowest BCUT2D eigenvalue weighted by atomic mass is 10.00. The van der Waals surface area contributed by atoms with Gasteiger partial charge in [-0.25, -0.2) is 4.79 Å². The molecule has 0 saturated heterocycles. The van der Waals surface area contributed by atoms with E-state index in [1.807, 2.05) is 12.1 Å². The van der Waals surface area contributed by atoms with Crippen LogP contribution in [0.25, 0.3) is 21.5 Å². The first-order chi connectivity index (χ1) is 15.5. The minimum atomic E-state index is -0.926. The van der Waals surface area contributed by atoms with E-state index in [2.05, 4.69) is 91.5 Å². The maximum absolute atomic E-state index is 11.4. The average molecular weight is 418 g/mol. The number of hydrogen-bond acceptors (Lipinski definition) is 2. The molecule has 0 bridgehead atoms. The van der Waals surface area contributed by atoms with Gasteiger partial charge in [-0.1, -0.05) is 60.7 Å². The predicted molar refractivity (Wildman–Crippen MR) is 133 cm³/mol. The van der Waals surface area contributed by atoms with Crippen molar-refractivity contribution in [2.24, 2.45) is 0 Å². The van der Waals surface area contributed by atoms with Crippen LogP contribution < -0.4 is 4.90 Å². The number of aromatic carboxylic acids is 1. The summed E-state index contributed by atoms with van der Waals surface area (Å²) in [6, 6.07) is 32.5. The summed E-state index contributed by atoms with van der Waals surface area (Å²) in [5, 5.41) is 14.1. The van der Waals surface area contributed by atoms with E-state index < -0.39 is 5.97 Å². The minimum absolute atomic E-state index is 0.274. The Morgan fingerprint density at radius 2 is 1.03 bits per heavy atom. The number of rotatable bonds is 4. The van der Waals surface area contributed by atoms with Gasteiger partial charge in [-0.15, -0.1) is 0 Å². The zero-order chi connectivity index (χ0) is 22.2. The van der Waals surface area contributed by atoms with Gasteiger partial charge in [-0.3, -0.25) is 0 Å². The van der Waals surface area contributed by atoms with E-state index in [1.54, 1.807) is 12.1 Å². The molecule has 5 aromatic carbocycles. The molecule has 5 aromatic rings. The summed E-state index contributed by atoms with van der Waals surface area (Å²) >= 11 is 0. The minimum Gasteiger partial charge on any atom is -0.478 e. The van der Waals surface area contributed by atoms with Crippen LogP contribution in [0.15, 0.2) is 97.1 Å². The van der Waals surface area contributed by atoms with Gasteiger partial charge in [-0.05, 0) is 72.1 Å². The van der Waals surface area contributed by atoms with Crippen LogP contribution >= 0.6 is 0 Å². The molecule has 0 atom stereocenters. The highest BCUT2D eigenvalue weighted by molar-refractivity contribution is 6.06. The van der Waals surface area contributed by atoms with Crippen LogP contribution in [0.1, 0.15) is 21.5 Å². The van der Waals surface area contributed by atoms with Crippen molar-refractivity contribution < 1.29 is 9.90 Å². The van der Waals surface area contributed by atoms with Crippen molar-refractivity contribution >= 4 is 44.6 Å². The quantitative estimate of drug-likeness (QED) is 0.325. The Balaban J connectivity index is 1.84. The molecule has 0 saturated carbocycles. The highest BCUT2D eigenvalue weighted by Crippen LogP contribution is 2.42. The van der Waals surface area contributed by atoms with E-state index in [-0.39, 0.29) is 5.56 Å². The first-order valence-corrected chi connectivity index (χ1v) is 10.6. The number of carbonyl (C=O) groups is 1. The molecule has 0 spiro atoms. The van der Waals surface area contributed by atoms with E-state index in [1.165, 1.54) is 21.9 Å². The van der Waals surface area contributed by atoms with Crippen LogP contribution in [0.4, 0.5) is 17.1 Å². The SMILES string of the molecule is Cc1cccc2c(N(c3ccc(C(=O)O)cc3)c3cccc4c(C)cccc34)cccc12. The molecule has 0 fully saturated rings. The van der Waals surface area contributed by atoms with Crippen molar-refractivity contribution in [3.63, 3.8) is 0 Å². The molecule has 0 heterocycles. The Bertz CT molecular complexity index is 1380. The average Bonchev–Trinajstić information content (AvgIpc) is 2.81. The lowest BCUT2D eigenvalue weighted by molar-refractivity contribution is 0.0697. The van der Waals surface area contributed by atoms with Crippen LogP contribution in [0.2, 0.25) is 0 Å². The summed E-state index contributed by atoms with van der Waals surface area (Å²) < 4.78 is 0. The highest BCUT2D eigenvalue weighted by Gasteiger charge is 2.18. The molecule has 3 nitrogen and oxygen atoms in total. The van der Waals surface area contributed by atoms with E-state index in [0.717, 1.165) is 27.8 Å². The fraction of sp³-hybridized carbons (Fsp3) is 0.0690. The first kappa shape index (κ1) is 19.8.